The van der Waals surface area contributed by atoms with Crippen LogP contribution in [0.3, 0.4) is 0 Å². The van der Waals surface area contributed by atoms with Gasteiger partial charge in [-0.15, -0.1) is 0 Å². The maximum Gasteiger partial charge on any atom is 0.124 e. The first-order chi connectivity index (χ1) is 15.0. The summed E-state index contributed by atoms with van der Waals surface area (Å²) in [5.41, 5.74) is 3.96. The lowest BCUT2D eigenvalue weighted by Crippen LogP contribution is -2.55. The summed E-state index contributed by atoms with van der Waals surface area (Å²) < 4.78 is 17.0. The molecule has 32 heavy (non-hydrogen) atoms. The average Bonchev–Trinajstić information content (AvgIpc) is 3.28. The van der Waals surface area contributed by atoms with E-state index in [2.05, 4.69) is 0 Å². The molecule has 0 amide bonds. The zero-order chi connectivity index (χ0) is 22.0. The summed E-state index contributed by atoms with van der Waals surface area (Å²) in [6.45, 7) is 2.95. The molecule has 2 heterocycles. The van der Waals surface area contributed by atoms with Crippen LogP contribution in [0, 0.1) is 6.92 Å². The van der Waals surface area contributed by atoms with E-state index >= 15 is 0 Å². The molecule has 1 unspecified atom stereocenters. The summed E-state index contributed by atoms with van der Waals surface area (Å²) in [5, 5.41) is 40.0. The summed E-state index contributed by atoms with van der Waals surface area (Å²) in [7, 11) is 0. The first-order valence-corrected chi connectivity index (χ1v) is 10.7. The Labute approximate surface area is 187 Å². The van der Waals surface area contributed by atoms with E-state index < -0.39 is 37.1 Å². The number of ether oxygens (including phenoxy) is 3. The van der Waals surface area contributed by atoms with Crippen molar-refractivity contribution in [2.75, 3.05) is 19.8 Å². The standard InChI is InChI=1S/C24H30O7.H2O/c1-14-2-5-16(24-23(28)22(27)21(26)20(12-25)31-24)11-17(14)10-15-3-6-18(7-4-15)30-19-8-9-29-13-19;/h2-7,11,19-28H,8-10,12-13H2,1H3;1H2/t19?,20-,21-,22+,23-,24+;/m1./s1. The van der Waals surface area contributed by atoms with Crippen molar-refractivity contribution >= 4 is 0 Å². The normalized spacial score (nSPS) is 30.0. The van der Waals surface area contributed by atoms with Crippen molar-refractivity contribution in [1.82, 2.24) is 0 Å². The van der Waals surface area contributed by atoms with Gasteiger partial charge in [-0.1, -0.05) is 30.3 Å². The van der Waals surface area contributed by atoms with Crippen molar-refractivity contribution in [3.8, 4) is 5.75 Å². The zero-order valence-corrected chi connectivity index (χ0v) is 18.1. The predicted molar refractivity (Wildman–Crippen MR) is 117 cm³/mol. The molecule has 2 aromatic rings. The first kappa shape index (κ1) is 24.6. The van der Waals surface area contributed by atoms with Crippen LogP contribution in [0.1, 0.15) is 34.8 Å². The second-order valence-corrected chi connectivity index (χ2v) is 8.36. The van der Waals surface area contributed by atoms with Crippen LogP contribution in [0.4, 0.5) is 0 Å². The van der Waals surface area contributed by atoms with Crippen LogP contribution < -0.4 is 4.74 Å². The Kier molecular flexibility index (Phi) is 8.24. The molecule has 176 valence electrons. The molecular weight excluding hydrogens is 416 g/mol. The van der Waals surface area contributed by atoms with Gasteiger partial charge >= 0.3 is 0 Å². The number of aliphatic hydroxyl groups excluding tert-OH is 4. The SMILES string of the molecule is Cc1ccc([C@@H]2O[C@H](CO)[C@@H](O)[C@H](O)[C@H]2O)cc1Cc1ccc(OC2CCOC2)cc1.O. The van der Waals surface area contributed by atoms with Gasteiger partial charge in [0.25, 0.3) is 0 Å². The smallest absolute Gasteiger partial charge is 0.124 e. The highest BCUT2D eigenvalue weighted by Crippen LogP contribution is 2.33. The van der Waals surface area contributed by atoms with Crippen molar-refractivity contribution < 1.29 is 40.1 Å². The van der Waals surface area contributed by atoms with Crippen molar-refractivity contribution in [2.24, 2.45) is 0 Å². The van der Waals surface area contributed by atoms with E-state index in [1.165, 1.54) is 0 Å². The van der Waals surface area contributed by atoms with Gasteiger partial charge in [0.2, 0.25) is 0 Å². The topological polar surface area (TPSA) is 140 Å². The van der Waals surface area contributed by atoms with Crippen LogP contribution in [0.15, 0.2) is 42.5 Å². The van der Waals surface area contributed by atoms with E-state index in [1.54, 1.807) is 0 Å². The Balaban J connectivity index is 0.00000289. The molecule has 6 N–H and O–H groups in total. The van der Waals surface area contributed by atoms with Gasteiger partial charge in [-0.3, -0.25) is 0 Å². The summed E-state index contributed by atoms with van der Waals surface area (Å²) in [6, 6.07) is 13.7. The molecule has 8 heteroatoms. The van der Waals surface area contributed by atoms with E-state index in [4.69, 9.17) is 14.2 Å². The molecule has 0 spiro atoms. The number of benzene rings is 2. The number of rotatable bonds is 6. The van der Waals surface area contributed by atoms with Crippen LogP contribution in [0.25, 0.3) is 0 Å². The number of hydrogen-bond acceptors (Lipinski definition) is 7. The lowest BCUT2D eigenvalue weighted by Gasteiger charge is -2.40. The van der Waals surface area contributed by atoms with Crippen LogP contribution in [0.5, 0.6) is 5.75 Å². The van der Waals surface area contributed by atoms with Crippen molar-refractivity contribution in [3.05, 3.63) is 64.7 Å². The van der Waals surface area contributed by atoms with Crippen molar-refractivity contribution in [1.29, 1.82) is 0 Å². The highest BCUT2D eigenvalue weighted by Gasteiger charge is 2.43. The van der Waals surface area contributed by atoms with E-state index in [1.807, 2.05) is 49.4 Å². The van der Waals surface area contributed by atoms with Crippen molar-refractivity contribution in [3.63, 3.8) is 0 Å². The van der Waals surface area contributed by atoms with Gasteiger partial charge in [-0.25, -0.2) is 0 Å². The second kappa shape index (κ2) is 10.7. The Hall–Kier alpha value is -2.04. The summed E-state index contributed by atoms with van der Waals surface area (Å²) in [6.07, 6.45) is -4.09. The third kappa shape index (κ3) is 5.29. The van der Waals surface area contributed by atoms with Gasteiger partial charge in [-0.05, 0) is 47.7 Å². The van der Waals surface area contributed by atoms with Gasteiger partial charge < -0.3 is 40.1 Å². The van der Waals surface area contributed by atoms with Gasteiger partial charge in [-0.2, -0.15) is 0 Å². The van der Waals surface area contributed by atoms with Crippen LogP contribution >= 0.6 is 0 Å². The fraction of sp³-hybridized carbons (Fsp3) is 0.500. The largest absolute Gasteiger partial charge is 0.488 e. The highest BCUT2D eigenvalue weighted by molar-refractivity contribution is 5.38. The third-order valence-electron chi connectivity index (χ3n) is 6.10. The molecule has 0 aliphatic carbocycles. The first-order valence-electron chi connectivity index (χ1n) is 10.7. The molecular formula is C24H32O8. The van der Waals surface area contributed by atoms with E-state index in [0.717, 1.165) is 35.5 Å². The lowest BCUT2D eigenvalue weighted by atomic mass is 9.89. The van der Waals surface area contributed by atoms with Gasteiger partial charge in [0.05, 0.1) is 19.8 Å². The summed E-state index contributed by atoms with van der Waals surface area (Å²) in [5.74, 6) is 0.825. The maximum absolute atomic E-state index is 10.4. The average molecular weight is 449 g/mol. The summed E-state index contributed by atoms with van der Waals surface area (Å²) in [4.78, 5) is 0. The Bertz CT molecular complexity index is 863. The number of aliphatic hydroxyl groups is 4. The zero-order valence-electron chi connectivity index (χ0n) is 18.1. The van der Waals surface area contributed by atoms with Crippen LogP contribution in [-0.4, -0.2) is 76.2 Å². The summed E-state index contributed by atoms with van der Waals surface area (Å²) >= 11 is 0. The maximum atomic E-state index is 10.4. The quantitative estimate of drug-likeness (QED) is 0.503. The minimum Gasteiger partial charge on any atom is -0.488 e. The van der Waals surface area contributed by atoms with Crippen molar-refractivity contribution in [2.45, 2.75) is 56.4 Å². The fourth-order valence-corrected chi connectivity index (χ4v) is 4.14. The lowest BCUT2D eigenvalue weighted by molar-refractivity contribution is -0.231. The monoisotopic (exact) mass is 448 g/mol. The molecule has 2 aliphatic rings. The molecule has 8 nitrogen and oxygen atoms in total. The molecule has 2 aliphatic heterocycles. The van der Waals surface area contributed by atoms with E-state index in [9.17, 15) is 20.4 Å². The molecule has 0 aromatic heterocycles. The number of aryl methyl sites for hydroxylation is 1. The molecule has 0 bridgehead atoms. The Morgan fingerprint density at radius 3 is 2.41 bits per heavy atom. The highest BCUT2D eigenvalue weighted by atomic mass is 16.5. The third-order valence-corrected chi connectivity index (χ3v) is 6.10. The van der Waals surface area contributed by atoms with Gasteiger partial charge in [0.1, 0.15) is 42.4 Å². The molecule has 2 aromatic carbocycles. The Morgan fingerprint density at radius 1 is 1.00 bits per heavy atom. The van der Waals surface area contributed by atoms with Gasteiger partial charge in [0, 0.05) is 6.42 Å². The fourth-order valence-electron chi connectivity index (χ4n) is 4.14. The van der Waals surface area contributed by atoms with E-state index in [0.29, 0.717) is 18.6 Å². The molecule has 2 saturated heterocycles. The predicted octanol–water partition coefficient (Wildman–Crippen LogP) is 0.444. The van der Waals surface area contributed by atoms with Crippen LogP contribution in [-0.2, 0) is 15.9 Å². The molecule has 4 rings (SSSR count). The second-order valence-electron chi connectivity index (χ2n) is 8.36. The molecule has 0 radical (unpaired) electrons. The van der Waals surface area contributed by atoms with E-state index in [-0.39, 0.29) is 11.6 Å². The van der Waals surface area contributed by atoms with Crippen LogP contribution in [0.2, 0.25) is 0 Å². The molecule has 2 fully saturated rings. The minimum atomic E-state index is -1.39. The minimum absolute atomic E-state index is 0. The molecule has 0 saturated carbocycles. The molecule has 6 atom stereocenters. The number of hydrogen-bond donors (Lipinski definition) is 4. The van der Waals surface area contributed by atoms with Gasteiger partial charge in [0.15, 0.2) is 0 Å². The Morgan fingerprint density at radius 2 is 1.75 bits per heavy atom.